The van der Waals surface area contributed by atoms with E-state index in [1.807, 2.05) is 0 Å². The maximum atomic E-state index is 11.1. The summed E-state index contributed by atoms with van der Waals surface area (Å²) >= 11 is 4.73. The number of esters is 1. The highest BCUT2D eigenvalue weighted by molar-refractivity contribution is 9.11. The summed E-state index contributed by atoms with van der Waals surface area (Å²) in [6.07, 6.45) is 0. The zero-order valence-electron chi connectivity index (χ0n) is 6.46. The summed E-state index contributed by atoms with van der Waals surface area (Å²) in [4.78, 5) is 12.0. The fraction of sp³-hybridized carbons (Fsp3) is 0.286. The van der Waals surface area contributed by atoms with Gasteiger partial charge in [0.1, 0.15) is 0 Å². The van der Waals surface area contributed by atoms with Crippen LogP contribution in [0.4, 0.5) is 0 Å². The molecular weight excluding hydrogens is 242 g/mol. The van der Waals surface area contributed by atoms with Gasteiger partial charge in [-0.15, -0.1) is 11.3 Å². The standard InChI is InChI=1S/C7H8BrNO2S/c1-11-7(10)4-2-6(8)12-5(4)3-9/h2H,3,9H2,1H3. The predicted molar refractivity (Wildman–Crippen MR) is 51.2 cm³/mol. The Morgan fingerprint density at radius 3 is 3.00 bits per heavy atom. The minimum atomic E-state index is -0.336. The van der Waals surface area contributed by atoms with E-state index in [1.54, 1.807) is 6.07 Å². The lowest BCUT2D eigenvalue weighted by Crippen LogP contribution is -2.05. The van der Waals surface area contributed by atoms with E-state index in [1.165, 1.54) is 18.4 Å². The number of nitrogens with two attached hydrogens (primary N) is 1. The van der Waals surface area contributed by atoms with E-state index in [0.717, 1.165) is 8.66 Å². The Hall–Kier alpha value is -0.390. The van der Waals surface area contributed by atoms with Gasteiger partial charge in [0.2, 0.25) is 0 Å². The summed E-state index contributed by atoms with van der Waals surface area (Å²) < 4.78 is 5.48. The van der Waals surface area contributed by atoms with E-state index in [0.29, 0.717) is 12.1 Å². The molecule has 0 aliphatic rings. The summed E-state index contributed by atoms with van der Waals surface area (Å²) in [7, 11) is 1.36. The van der Waals surface area contributed by atoms with Gasteiger partial charge < -0.3 is 10.5 Å². The molecule has 5 heteroatoms. The molecule has 1 aromatic heterocycles. The van der Waals surface area contributed by atoms with Crippen molar-refractivity contribution in [1.29, 1.82) is 0 Å². The van der Waals surface area contributed by atoms with Gasteiger partial charge in [-0.25, -0.2) is 4.79 Å². The number of rotatable bonds is 2. The van der Waals surface area contributed by atoms with Gasteiger partial charge in [0, 0.05) is 11.4 Å². The SMILES string of the molecule is COC(=O)c1cc(Br)sc1CN. The lowest BCUT2D eigenvalue weighted by atomic mass is 10.2. The van der Waals surface area contributed by atoms with E-state index in [-0.39, 0.29) is 5.97 Å². The first-order valence-corrected chi connectivity index (χ1v) is 4.86. The van der Waals surface area contributed by atoms with E-state index >= 15 is 0 Å². The lowest BCUT2D eigenvalue weighted by molar-refractivity contribution is 0.0600. The molecule has 1 rings (SSSR count). The number of ether oxygens (including phenoxy) is 1. The van der Waals surface area contributed by atoms with Crippen molar-refractivity contribution in [3.63, 3.8) is 0 Å². The summed E-state index contributed by atoms with van der Waals surface area (Å²) in [5.41, 5.74) is 5.99. The minimum Gasteiger partial charge on any atom is -0.465 e. The van der Waals surface area contributed by atoms with Crippen molar-refractivity contribution in [2.24, 2.45) is 5.73 Å². The van der Waals surface area contributed by atoms with Gasteiger partial charge in [-0.1, -0.05) is 0 Å². The van der Waals surface area contributed by atoms with Gasteiger partial charge in [0.05, 0.1) is 16.5 Å². The molecule has 0 aliphatic carbocycles. The van der Waals surface area contributed by atoms with Crippen molar-refractivity contribution in [2.75, 3.05) is 7.11 Å². The molecule has 0 bridgehead atoms. The predicted octanol–water partition coefficient (Wildman–Crippen LogP) is 1.76. The number of hydrogen-bond acceptors (Lipinski definition) is 4. The molecule has 0 saturated heterocycles. The summed E-state index contributed by atoms with van der Waals surface area (Å²) in [5, 5.41) is 0. The van der Waals surface area contributed by atoms with Gasteiger partial charge in [-0.3, -0.25) is 0 Å². The molecule has 0 saturated carbocycles. The largest absolute Gasteiger partial charge is 0.465 e. The van der Waals surface area contributed by atoms with Crippen LogP contribution in [-0.4, -0.2) is 13.1 Å². The molecule has 0 amide bonds. The van der Waals surface area contributed by atoms with Gasteiger partial charge >= 0.3 is 5.97 Å². The first-order valence-electron chi connectivity index (χ1n) is 3.25. The lowest BCUT2D eigenvalue weighted by Gasteiger charge is -1.97. The first kappa shape index (κ1) is 9.70. The molecule has 0 aromatic carbocycles. The zero-order valence-corrected chi connectivity index (χ0v) is 8.87. The highest BCUT2D eigenvalue weighted by Crippen LogP contribution is 2.27. The van der Waals surface area contributed by atoms with Crippen LogP contribution >= 0.6 is 27.3 Å². The Bertz CT molecular complexity index is 298. The van der Waals surface area contributed by atoms with Crippen LogP contribution in [0.25, 0.3) is 0 Å². The molecule has 1 aromatic rings. The molecule has 0 unspecified atom stereocenters. The number of halogens is 1. The second kappa shape index (κ2) is 4.02. The van der Waals surface area contributed by atoms with Crippen molar-refractivity contribution in [1.82, 2.24) is 0 Å². The van der Waals surface area contributed by atoms with Crippen LogP contribution in [0.1, 0.15) is 15.2 Å². The van der Waals surface area contributed by atoms with Crippen LogP contribution in [0.2, 0.25) is 0 Å². The quantitative estimate of drug-likeness (QED) is 0.813. The monoisotopic (exact) mass is 249 g/mol. The fourth-order valence-electron chi connectivity index (χ4n) is 0.830. The van der Waals surface area contributed by atoms with Gasteiger partial charge in [-0.2, -0.15) is 0 Å². The average Bonchev–Trinajstić information content (AvgIpc) is 2.45. The van der Waals surface area contributed by atoms with Crippen molar-refractivity contribution in [3.05, 3.63) is 20.3 Å². The Morgan fingerprint density at radius 1 is 1.83 bits per heavy atom. The maximum absolute atomic E-state index is 11.1. The Kier molecular flexibility index (Phi) is 3.25. The van der Waals surface area contributed by atoms with E-state index in [2.05, 4.69) is 20.7 Å². The summed E-state index contributed by atoms with van der Waals surface area (Å²) in [6.45, 7) is 0.362. The summed E-state index contributed by atoms with van der Waals surface area (Å²) in [5.74, 6) is -0.336. The fourth-order valence-corrected chi connectivity index (χ4v) is 2.39. The minimum absolute atomic E-state index is 0.336. The number of carbonyl (C=O) groups excluding carboxylic acids is 1. The molecule has 1 heterocycles. The topological polar surface area (TPSA) is 52.3 Å². The van der Waals surface area contributed by atoms with Crippen LogP contribution in [0.15, 0.2) is 9.85 Å². The van der Waals surface area contributed by atoms with Crippen molar-refractivity contribution < 1.29 is 9.53 Å². The highest BCUT2D eigenvalue weighted by atomic mass is 79.9. The Labute approximate surface area is 82.6 Å². The second-order valence-corrected chi connectivity index (χ2v) is 4.60. The molecule has 0 atom stereocenters. The van der Waals surface area contributed by atoms with Crippen molar-refractivity contribution in [2.45, 2.75) is 6.54 Å². The molecule has 66 valence electrons. The Morgan fingerprint density at radius 2 is 2.50 bits per heavy atom. The number of carbonyl (C=O) groups is 1. The third kappa shape index (κ3) is 1.85. The van der Waals surface area contributed by atoms with Gasteiger partial charge in [0.15, 0.2) is 0 Å². The third-order valence-electron chi connectivity index (χ3n) is 1.37. The van der Waals surface area contributed by atoms with Gasteiger partial charge in [-0.05, 0) is 22.0 Å². The number of methoxy groups -OCH3 is 1. The van der Waals surface area contributed by atoms with Crippen molar-refractivity contribution in [3.8, 4) is 0 Å². The van der Waals surface area contributed by atoms with Crippen molar-refractivity contribution >= 4 is 33.2 Å². The van der Waals surface area contributed by atoms with Crippen LogP contribution in [0.3, 0.4) is 0 Å². The normalized spacial score (nSPS) is 9.92. The van der Waals surface area contributed by atoms with Gasteiger partial charge in [0.25, 0.3) is 0 Å². The van der Waals surface area contributed by atoms with E-state index in [4.69, 9.17) is 5.73 Å². The molecule has 12 heavy (non-hydrogen) atoms. The number of thiophene rings is 1. The zero-order chi connectivity index (χ0) is 9.14. The molecular formula is C7H8BrNO2S. The molecule has 0 radical (unpaired) electrons. The van der Waals surface area contributed by atoms with Crippen LogP contribution in [0.5, 0.6) is 0 Å². The number of hydrogen-bond donors (Lipinski definition) is 1. The Balaban J connectivity index is 3.04. The van der Waals surface area contributed by atoms with Crippen LogP contribution < -0.4 is 5.73 Å². The summed E-state index contributed by atoms with van der Waals surface area (Å²) in [6, 6.07) is 1.72. The average molecular weight is 250 g/mol. The smallest absolute Gasteiger partial charge is 0.339 e. The highest BCUT2D eigenvalue weighted by Gasteiger charge is 2.13. The molecule has 0 aliphatic heterocycles. The van der Waals surface area contributed by atoms with Crippen LogP contribution in [-0.2, 0) is 11.3 Å². The first-order chi connectivity index (χ1) is 5.69. The second-order valence-electron chi connectivity index (χ2n) is 2.08. The van der Waals surface area contributed by atoms with E-state index in [9.17, 15) is 4.79 Å². The molecule has 2 N–H and O–H groups in total. The molecule has 0 fully saturated rings. The van der Waals surface area contributed by atoms with E-state index < -0.39 is 0 Å². The maximum Gasteiger partial charge on any atom is 0.339 e. The van der Waals surface area contributed by atoms with Crippen LogP contribution in [0, 0.1) is 0 Å². The third-order valence-corrected chi connectivity index (χ3v) is 3.03. The molecule has 3 nitrogen and oxygen atoms in total. The molecule has 0 spiro atoms.